The number of ether oxygens (including phenoxy) is 2. The van der Waals surface area contributed by atoms with Crippen molar-refractivity contribution in [1.29, 1.82) is 0 Å². The fourth-order valence-corrected chi connectivity index (χ4v) is 3.07. The number of nitrogens with zero attached hydrogens (tertiary/aromatic N) is 3. The molecule has 7 nitrogen and oxygen atoms in total. The standard InChI is InChI=1S/C22H25N3O4/c1-16-18(8-12-21(26)27)7-11-20-22(16)23-24-25(20)13-3-4-14-29-15-17-5-9-19(28-2)10-6-17/h5-12H,3-4,13-15H2,1-2H3,(H,26,27). The number of carboxylic acids is 1. The number of hydrogen-bond donors (Lipinski definition) is 1. The summed E-state index contributed by atoms with van der Waals surface area (Å²) in [6.07, 6.45) is 4.57. The largest absolute Gasteiger partial charge is 0.497 e. The smallest absolute Gasteiger partial charge is 0.328 e. The molecule has 1 heterocycles. The maximum Gasteiger partial charge on any atom is 0.328 e. The first kappa shape index (κ1) is 20.5. The first-order valence-electron chi connectivity index (χ1n) is 9.53. The summed E-state index contributed by atoms with van der Waals surface area (Å²) in [5.74, 6) is -0.128. The number of aryl methyl sites for hydroxylation is 2. The predicted molar refractivity (Wildman–Crippen MR) is 111 cm³/mol. The number of carbonyl (C=O) groups is 1. The van der Waals surface area contributed by atoms with E-state index in [2.05, 4.69) is 10.3 Å². The molecule has 0 radical (unpaired) electrons. The molecule has 3 rings (SSSR count). The van der Waals surface area contributed by atoms with E-state index in [-0.39, 0.29) is 0 Å². The van der Waals surface area contributed by atoms with Gasteiger partial charge >= 0.3 is 5.97 Å². The second-order valence-electron chi connectivity index (χ2n) is 6.74. The molecule has 1 N–H and O–H groups in total. The molecular weight excluding hydrogens is 370 g/mol. The number of benzene rings is 2. The van der Waals surface area contributed by atoms with Gasteiger partial charge in [0.1, 0.15) is 11.3 Å². The Morgan fingerprint density at radius 1 is 1.17 bits per heavy atom. The highest BCUT2D eigenvalue weighted by atomic mass is 16.5. The number of rotatable bonds is 10. The van der Waals surface area contributed by atoms with Crippen LogP contribution in [0.15, 0.2) is 42.5 Å². The summed E-state index contributed by atoms with van der Waals surface area (Å²) in [5, 5.41) is 17.3. The number of hydrogen-bond acceptors (Lipinski definition) is 5. The Hall–Kier alpha value is -3.19. The zero-order valence-electron chi connectivity index (χ0n) is 16.7. The molecule has 7 heteroatoms. The molecule has 0 unspecified atom stereocenters. The molecule has 0 fully saturated rings. The normalized spacial score (nSPS) is 11.4. The molecule has 0 saturated carbocycles. The second kappa shape index (κ2) is 9.84. The van der Waals surface area contributed by atoms with Crippen molar-refractivity contribution in [2.45, 2.75) is 32.9 Å². The van der Waals surface area contributed by atoms with Crippen LogP contribution in [0.5, 0.6) is 5.75 Å². The van der Waals surface area contributed by atoms with Crippen LogP contribution in [-0.2, 0) is 22.7 Å². The molecule has 0 bridgehead atoms. The maximum atomic E-state index is 10.7. The van der Waals surface area contributed by atoms with Gasteiger partial charge < -0.3 is 14.6 Å². The summed E-state index contributed by atoms with van der Waals surface area (Å²) in [6, 6.07) is 11.7. The van der Waals surface area contributed by atoms with E-state index in [9.17, 15) is 4.79 Å². The first-order valence-corrected chi connectivity index (χ1v) is 9.53. The Morgan fingerprint density at radius 3 is 2.69 bits per heavy atom. The summed E-state index contributed by atoms with van der Waals surface area (Å²) in [7, 11) is 1.65. The summed E-state index contributed by atoms with van der Waals surface area (Å²) < 4.78 is 12.8. The van der Waals surface area contributed by atoms with Crippen molar-refractivity contribution in [2.24, 2.45) is 0 Å². The van der Waals surface area contributed by atoms with Crippen LogP contribution in [0, 0.1) is 6.92 Å². The van der Waals surface area contributed by atoms with Crippen LogP contribution in [0.1, 0.15) is 29.5 Å². The summed E-state index contributed by atoms with van der Waals surface area (Å²) in [6.45, 7) is 3.95. The van der Waals surface area contributed by atoms with Crippen molar-refractivity contribution >= 4 is 23.1 Å². The highest BCUT2D eigenvalue weighted by molar-refractivity contribution is 5.88. The van der Waals surface area contributed by atoms with Gasteiger partial charge in [0.25, 0.3) is 0 Å². The Labute approximate surface area is 169 Å². The molecule has 3 aromatic rings. The van der Waals surface area contributed by atoms with Gasteiger partial charge in [0.2, 0.25) is 0 Å². The van der Waals surface area contributed by atoms with Crippen LogP contribution in [0.4, 0.5) is 0 Å². The lowest BCUT2D eigenvalue weighted by Gasteiger charge is -2.06. The second-order valence-corrected chi connectivity index (χ2v) is 6.74. The van der Waals surface area contributed by atoms with Crippen LogP contribution < -0.4 is 4.74 Å². The molecule has 152 valence electrons. The minimum Gasteiger partial charge on any atom is -0.497 e. The Kier molecular flexibility index (Phi) is 6.97. The topological polar surface area (TPSA) is 86.5 Å². The third kappa shape index (κ3) is 5.42. The van der Waals surface area contributed by atoms with Crippen LogP contribution in [0.2, 0.25) is 0 Å². The molecule has 0 aliphatic rings. The molecule has 29 heavy (non-hydrogen) atoms. The lowest BCUT2D eigenvalue weighted by molar-refractivity contribution is -0.131. The van der Waals surface area contributed by atoms with Crippen molar-refractivity contribution in [1.82, 2.24) is 15.0 Å². The van der Waals surface area contributed by atoms with Gasteiger partial charge in [-0.25, -0.2) is 9.48 Å². The maximum absolute atomic E-state index is 10.7. The van der Waals surface area contributed by atoms with Crippen molar-refractivity contribution in [2.75, 3.05) is 13.7 Å². The third-order valence-electron chi connectivity index (χ3n) is 4.72. The van der Waals surface area contributed by atoms with E-state index in [4.69, 9.17) is 14.6 Å². The number of carboxylic acid groups (broad SMARTS) is 1. The predicted octanol–water partition coefficient (Wildman–Crippen LogP) is 3.84. The van der Waals surface area contributed by atoms with Gasteiger partial charge in [-0.1, -0.05) is 23.4 Å². The molecule has 0 atom stereocenters. The lowest BCUT2D eigenvalue weighted by atomic mass is 10.1. The zero-order valence-corrected chi connectivity index (χ0v) is 16.7. The Bertz CT molecular complexity index is 993. The Morgan fingerprint density at radius 2 is 1.97 bits per heavy atom. The summed E-state index contributed by atoms with van der Waals surface area (Å²) >= 11 is 0. The Balaban J connectivity index is 1.48. The fraction of sp³-hybridized carbons (Fsp3) is 0.318. The van der Waals surface area contributed by atoms with E-state index >= 15 is 0 Å². The van der Waals surface area contributed by atoms with Gasteiger partial charge in [-0.15, -0.1) is 5.10 Å². The minimum absolute atomic E-state index is 0.585. The molecule has 1 aromatic heterocycles. The van der Waals surface area contributed by atoms with Gasteiger partial charge in [-0.05, 0) is 60.7 Å². The number of fused-ring (bicyclic) bond motifs is 1. The molecule has 0 aliphatic carbocycles. The summed E-state index contributed by atoms with van der Waals surface area (Å²) in [4.78, 5) is 10.7. The van der Waals surface area contributed by atoms with Gasteiger partial charge in [-0.2, -0.15) is 0 Å². The van der Waals surface area contributed by atoms with Gasteiger partial charge in [-0.3, -0.25) is 0 Å². The first-order chi connectivity index (χ1) is 14.1. The molecule has 0 spiro atoms. The average Bonchev–Trinajstić information content (AvgIpc) is 3.14. The van der Waals surface area contributed by atoms with Gasteiger partial charge in [0.15, 0.2) is 0 Å². The van der Waals surface area contributed by atoms with Crippen LogP contribution in [0.25, 0.3) is 17.1 Å². The summed E-state index contributed by atoms with van der Waals surface area (Å²) in [5.41, 5.74) is 4.63. The lowest BCUT2D eigenvalue weighted by Crippen LogP contribution is -2.03. The monoisotopic (exact) mass is 395 g/mol. The van der Waals surface area contributed by atoms with E-state index < -0.39 is 5.97 Å². The molecule has 0 amide bonds. The van der Waals surface area contributed by atoms with E-state index in [1.165, 1.54) is 0 Å². The van der Waals surface area contributed by atoms with Crippen LogP contribution in [-0.4, -0.2) is 39.8 Å². The van der Waals surface area contributed by atoms with Crippen molar-refractivity contribution in [3.63, 3.8) is 0 Å². The SMILES string of the molecule is COc1ccc(COCCCCn2nnc3c(C)c(C=CC(=O)O)ccc32)cc1. The molecular formula is C22H25N3O4. The van der Waals surface area contributed by atoms with E-state index in [1.807, 2.05) is 48.0 Å². The third-order valence-corrected chi connectivity index (χ3v) is 4.72. The van der Waals surface area contributed by atoms with E-state index in [0.717, 1.165) is 58.9 Å². The fourth-order valence-electron chi connectivity index (χ4n) is 3.07. The van der Waals surface area contributed by atoms with Gasteiger partial charge in [0, 0.05) is 19.2 Å². The van der Waals surface area contributed by atoms with E-state index in [1.54, 1.807) is 13.2 Å². The van der Waals surface area contributed by atoms with E-state index in [0.29, 0.717) is 13.2 Å². The molecule has 0 aliphatic heterocycles. The average molecular weight is 395 g/mol. The van der Waals surface area contributed by atoms with Crippen LogP contribution in [0.3, 0.4) is 0 Å². The van der Waals surface area contributed by atoms with Crippen molar-refractivity contribution < 1.29 is 19.4 Å². The van der Waals surface area contributed by atoms with Gasteiger partial charge in [0.05, 0.1) is 19.2 Å². The number of unbranched alkanes of at least 4 members (excludes halogenated alkanes) is 1. The highest BCUT2D eigenvalue weighted by Gasteiger charge is 2.09. The van der Waals surface area contributed by atoms with Crippen molar-refractivity contribution in [3.8, 4) is 5.75 Å². The zero-order chi connectivity index (χ0) is 20.6. The quantitative estimate of drug-likeness (QED) is 0.415. The minimum atomic E-state index is -0.970. The number of aliphatic carboxylic acids is 1. The van der Waals surface area contributed by atoms with Crippen molar-refractivity contribution in [3.05, 3.63) is 59.2 Å². The molecule has 0 saturated heterocycles. The highest BCUT2D eigenvalue weighted by Crippen LogP contribution is 2.21. The number of methoxy groups -OCH3 is 1. The van der Waals surface area contributed by atoms with Crippen LogP contribution >= 0.6 is 0 Å². The number of aromatic nitrogens is 3. The molecule has 2 aromatic carbocycles.